The number of nitrogens with one attached hydrogen (secondary N) is 1. The average Bonchev–Trinajstić information content (AvgIpc) is 3.28. The fourth-order valence-electron chi connectivity index (χ4n) is 2.92. The second-order valence-corrected chi connectivity index (χ2v) is 5.72. The van der Waals surface area contributed by atoms with Crippen LogP contribution in [0.3, 0.4) is 0 Å². The van der Waals surface area contributed by atoms with Crippen LogP contribution >= 0.6 is 0 Å². The molecule has 0 unspecified atom stereocenters. The minimum absolute atomic E-state index is 0.0891. The summed E-state index contributed by atoms with van der Waals surface area (Å²) >= 11 is 0. The lowest BCUT2D eigenvalue weighted by atomic mass is 10.1. The number of rotatable bonds is 6. The molecule has 1 fully saturated rings. The molecule has 0 aromatic carbocycles. The molecule has 5 nitrogen and oxygen atoms in total. The van der Waals surface area contributed by atoms with Gasteiger partial charge in [-0.05, 0) is 56.3 Å². The maximum atomic E-state index is 12.0. The zero-order chi connectivity index (χ0) is 15.9. The number of carbonyl (C=O) groups is 1. The monoisotopic (exact) mass is 314 g/mol. The van der Waals surface area contributed by atoms with Gasteiger partial charge in [0.25, 0.3) is 0 Å². The Labute approximate surface area is 136 Å². The Balaban J connectivity index is 1.58. The molecule has 3 heterocycles. The van der Waals surface area contributed by atoms with Gasteiger partial charge in [0.15, 0.2) is 0 Å². The molecule has 3 rings (SSSR count). The highest BCUT2D eigenvalue weighted by molar-refractivity contribution is 5.91. The Morgan fingerprint density at radius 1 is 1.17 bits per heavy atom. The van der Waals surface area contributed by atoms with E-state index in [1.807, 2.05) is 18.2 Å². The van der Waals surface area contributed by atoms with E-state index in [9.17, 15) is 4.79 Å². The van der Waals surface area contributed by atoms with Crippen LogP contribution in [0.25, 0.3) is 6.08 Å². The lowest BCUT2D eigenvalue weighted by Gasteiger charge is -2.33. The van der Waals surface area contributed by atoms with Crippen molar-refractivity contribution in [1.82, 2.24) is 10.2 Å². The molecule has 1 atom stereocenters. The molecule has 2 aromatic rings. The van der Waals surface area contributed by atoms with Crippen LogP contribution in [0.2, 0.25) is 0 Å². The summed E-state index contributed by atoms with van der Waals surface area (Å²) in [6.07, 6.45) is 10.1. The van der Waals surface area contributed by atoms with Gasteiger partial charge in [0, 0.05) is 12.6 Å². The lowest BCUT2D eigenvalue weighted by molar-refractivity contribution is -0.116. The smallest absolute Gasteiger partial charge is 0.244 e. The quantitative estimate of drug-likeness (QED) is 0.832. The summed E-state index contributed by atoms with van der Waals surface area (Å²) < 4.78 is 10.7. The third kappa shape index (κ3) is 4.36. The average molecular weight is 314 g/mol. The predicted molar refractivity (Wildman–Crippen MR) is 87.6 cm³/mol. The summed E-state index contributed by atoms with van der Waals surface area (Å²) in [5.41, 5.74) is 0. The summed E-state index contributed by atoms with van der Waals surface area (Å²) in [6.45, 7) is 2.63. The summed E-state index contributed by atoms with van der Waals surface area (Å²) in [7, 11) is 0. The van der Waals surface area contributed by atoms with E-state index >= 15 is 0 Å². The van der Waals surface area contributed by atoms with E-state index in [0.29, 0.717) is 12.3 Å². The fraction of sp³-hybridized carbons (Fsp3) is 0.389. The van der Waals surface area contributed by atoms with Gasteiger partial charge in [-0.25, -0.2) is 0 Å². The van der Waals surface area contributed by atoms with Gasteiger partial charge in [0.2, 0.25) is 5.91 Å². The highest BCUT2D eigenvalue weighted by atomic mass is 16.3. The molecule has 23 heavy (non-hydrogen) atoms. The van der Waals surface area contributed by atoms with E-state index in [1.165, 1.54) is 25.3 Å². The van der Waals surface area contributed by atoms with Crippen LogP contribution < -0.4 is 5.32 Å². The van der Waals surface area contributed by atoms with Crippen LogP contribution in [0, 0.1) is 0 Å². The molecule has 122 valence electrons. The number of hydrogen-bond acceptors (Lipinski definition) is 4. The molecule has 1 saturated heterocycles. The predicted octanol–water partition coefficient (Wildman–Crippen LogP) is 3.23. The molecule has 0 radical (unpaired) electrons. The van der Waals surface area contributed by atoms with Crippen LogP contribution in [-0.2, 0) is 4.79 Å². The first-order chi connectivity index (χ1) is 11.3. The second-order valence-electron chi connectivity index (χ2n) is 5.72. The van der Waals surface area contributed by atoms with Gasteiger partial charge in [-0.15, -0.1) is 0 Å². The number of carbonyl (C=O) groups excluding carboxylic acids is 1. The van der Waals surface area contributed by atoms with Crippen molar-refractivity contribution in [1.29, 1.82) is 0 Å². The molecule has 5 heteroatoms. The summed E-state index contributed by atoms with van der Waals surface area (Å²) in [4.78, 5) is 14.4. The van der Waals surface area contributed by atoms with Crippen LogP contribution in [0.4, 0.5) is 0 Å². The van der Waals surface area contributed by atoms with Crippen LogP contribution in [0.15, 0.2) is 51.7 Å². The van der Waals surface area contributed by atoms with Crippen molar-refractivity contribution in [2.24, 2.45) is 0 Å². The fourth-order valence-corrected chi connectivity index (χ4v) is 2.92. The zero-order valence-electron chi connectivity index (χ0n) is 13.1. The minimum Gasteiger partial charge on any atom is -0.468 e. The first kappa shape index (κ1) is 15.6. The van der Waals surface area contributed by atoms with E-state index in [1.54, 1.807) is 24.7 Å². The van der Waals surface area contributed by atoms with Crippen molar-refractivity contribution < 1.29 is 13.6 Å². The van der Waals surface area contributed by atoms with Crippen LogP contribution in [-0.4, -0.2) is 30.4 Å². The highest BCUT2D eigenvalue weighted by Gasteiger charge is 2.24. The molecule has 1 amide bonds. The Kier molecular flexibility index (Phi) is 5.32. The number of likely N-dealkylation sites (tertiary alicyclic amines) is 1. The normalized spacial score (nSPS) is 17.4. The number of furan rings is 2. The molecule has 0 bridgehead atoms. The van der Waals surface area contributed by atoms with Gasteiger partial charge in [-0.2, -0.15) is 0 Å². The largest absolute Gasteiger partial charge is 0.468 e. The van der Waals surface area contributed by atoms with Crippen molar-refractivity contribution >= 4 is 12.0 Å². The third-order valence-electron chi connectivity index (χ3n) is 4.11. The van der Waals surface area contributed by atoms with Crippen molar-refractivity contribution in [2.75, 3.05) is 19.6 Å². The van der Waals surface area contributed by atoms with Gasteiger partial charge in [0.05, 0.1) is 18.6 Å². The maximum absolute atomic E-state index is 12.0. The maximum Gasteiger partial charge on any atom is 0.244 e. The standard InChI is InChI=1S/C18H22N2O3/c21-18(9-8-15-6-4-12-22-15)19-14-16(17-7-5-13-23-17)20-10-2-1-3-11-20/h4-9,12-13,16H,1-3,10-11,14H2,(H,19,21)/b9-8+/t16-/m0/s1. The topological polar surface area (TPSA) is 58.6 Å². The van der Waals surface area contributed by atoms with Gasteiger partial charge in [-0.3, -0.25) is 9.69 Å². The zero-order valence-corrected chi connectivity index (χ0v) is 13.1. The van der Waals surface area contributed by atoms with Crippen molar-refractivity contribution in [3.8, 4) is 0 Å². The van der Waals surface area contributed by atoms with Gasteiger partial charge in [-0.1, -0.05) is 6.42 Å². The van der Waals surface area contributed by atoms with Crippen molar-refractivity contribution in [2.45, 2.75) is 25.3 Å². The Bertz CT molecular complexity index is 611. The van der Waals surface area contributed by atoms with Gasteiger partial charge in [0.1, 0.15) is 11.5 Å². The molecule has 0 saturated carbocycles. The molecule has 0 spiro atoms. The lowest BCUT2D eigenvalue weighted by Crippen LogP contribution is -2.40. The molecule has 1 aliphatic rings. The van der Waals surface area contributed by atoms with E-state index in [2.05, 4.69) is 10.2 Å². The Hall–Kier alpha value is -2.27. The Morgan fingerprint density at radius 3 is 2.65 bits per heavy atom. The summed E-state index contributed by atoms with van der Waals surface area (Å²) in [5, 5.41) is 2.96. The van der Waals surface area contributed by atoms with E-state index in [0.717, 1.165) is 18.8 Å². The third-order valence-corrected chi connectivity index (χ3v) is 4.11. The first-order valence-corrected chi connectivity index (χ1v) is 8.10. The first-order valence-electron chi connectivity index (χ1n) is 8.10. The van der Waals surface area contributed by atoms with Gasteiger partial charge >= 0.3 is 0 Å². The molecule has 2 aromatic heterocycles. The number of piperidine rings is 1. The molecular weight excluding hydrogens is 292 g/mol. The number of hydrogen-bond donors (Lipinski definition) is 1. The SMILES string of the molecule is O=C(/C=C/c1ccco1)NC[C@@H](c1ccco1)N1CCCCC1. The van der Waals surface area contributed by atoms with Crippen LogP contribution in [0.5, 0.6) is 0 Å². The molecule has 1 N–H and O–H groups in total. The van der Waals surface area contributed by atoms with E-state index in [-0.39, 0.29) is 11.9 Å². The summed E-state index contributed by atoms with van der Waals surface area (Å²) in [5.74, 6) is 1.44. The summed E-state index contributed by atoms with van der Waals surface area (Å²) in [6, 6.07) is 7.56. The molecule has 1 aliphatic heterocycles. The molecule has 0 aliphatic carbocycles. The Morgan fingerprint density at radius 2 is 1.96 bits per heavy atom. The van der Waals surface area contributed by atoms with E-state index in [4.69, 9.17) is 8.83 Å². The van der Waals surface area contributed by atoms with Crippen LogP contribution in [0.1, 0.15) is 36.8 Å². The molecular formula is C18H22N2O3. The number of amides is 1. The highest BCUT2D eigenvalue weighted by Crippen LogP contribution is 2.24. The van der Waals surface area contributed by atoms with Gasteiger partial charge < -0.3 is 14.2 Å². The minimum atomic E-state index is -0.130. The number of nitrogens with zero attached hydrogens (tertiary/aromatic N) is 1. The second kappa shape index (κ2) is 7.83. The van der Waals surface area contributed by atoms with Crippen molar-refractivity contribution in [3.63, 3.8) is 0 Å². The van der Waals surface area contributed by atoms with Crippen molar-refractivity contribution in [3.05, 3.63) is 54.4 Å². The van der Waals surface area contributed by atoms with E-state index < -0.39 is 0 Å².